The number of rotatable bonds is 21. The number of hydrogen-bond donors (Lipinski definition) is 3. The van der Waals surface area contributed by atoms with Crippen LogP contribution in [0.1, 0.15) is 134 Å². The summed E-state index contributed by atoms with van der Waals surface area (Å²) in [5.74, 6) is 0.423. The minimum atomic E-state index is -0.888. The van der Waals surface area contributed by atoms with Gasteiger partial charge in [0.25, 0.3) is 0 Å². The third kappa shape index (κ3) is 10.9. The Kier molecular flexibility index (Phi) is 16.0. The number of nitrogens with zero attached hydrogens (tertiary/aromatic N) is 5. The van der Waals surface area contributed by atoms with Crippen molar-refractivity contribution >= 4 is 11.6 Å². The van der Waals surface area contributed by atoms with E-state index in [-0.39, 0.29) is 49.9 Å². The predicted molar refractivity (Wildman–Crippen MR) is 161 cm³/mol. The van der Waals surface area contributed by atoms with Gasteiger partial charge in [0.05, 0.1) is 19.8 Å². The van der Waals surface area contributed by atoms with Crippen molar-refractivity contribution in [2.24, 2.45) is 0 Å². The van der Waals surface area contributed by atoms with Crippen LogP contribution in [0.15, 0.2) is 18.2 Å². The van der Waals surface area contributed by atoms with Gasteiger partial charge >= 0.3 is 0 Å². The molecule has 1 aromatic carbocycles. The van der Waals surface area contributed by atoms with Gasteiger partial charge in [-0.15, -0.1) is 10.2 Å². The standard InChI is InChI=1S/C31H54N6O3/c1-6-7-8-9-10-11-12-13-14-15-19-37-34-30(33-35-37)29(36(20-22-38)21-23-39)31(40)32-28-26(24(2)3)17-16-18-27(28)25(4)5/h16-18,24-25,29,38-39H,6-15,19-23H2,1-5H3,(H,32,40). The maximum Gasteiger partial charge on any atom is 0.249 e. The molecule has 1 amide bonds. The second-order valence-electron chi connectivity index (χ2n) is 11.4. The highest BCUT2D eigenvalue weighted by atomic mass is 16.3. The van der Waals surface area contributed by atoms with Crippen molar-refractivity contribution in [1.82, 2.24) is 25.1 Å². The van der Waals surface area contributed by atoms with Crippen molar-refractivity contribution in [3.05, 3.63) is 35.2 Å². The van der Waals surface area contributed by atoms with Crippen LogP contribution >= 0.6 is 0 Å². The Morgan fingerprint density at radius 1 is 0.875 bits per heavy atom. The van der Waals surface area contributed by atoms with Gasteiger partial charge in [0, 0.05) is 18.8 Å². The third-order valence-corrected chi connectivity index (χ3v) is 7.43. The Labute approximate surface area is 241 Å². The van der Waals surface area contributed by atoms with Crippen LogP contribution in [0.4, 0.5) is 5.69 Å². The number of amides is 1. The van der Waals surface area contributed by atoms with E-state index in [2.05, 4.69) is 55.3 Å². The zero-order valence-electron chi connectivity index (χ0n) is 25.6. The fraction of sp³-hybridized carbons (Fsp3) is 0.742. The van der Waals surface area contributed by atoms with E-state index in [1.807, 2.05) is 18.2 Å². The monoisotopic (exact) mass is 558 g/mol. The highest BCUT2D eigenvalue weighted by molar-refractivity contribution is 5.96. The SMILES string of the molecule is CCCCCCCCCCCCn1nnc(C(C(=O)Nc2c(C(C)C)cccc2C(C)C)N(CCO)CCO)n1. The smallest absolute Gasteiger partial charge is 0.249 e. The zero-order chi connectivity index (χ0) is 29.3. The van der Waals surface area contributed by atoms with Crippen LogP contribution in [0, 0.1) is 0 Å². The first kappa shape index (κ1) is 33.8. The van der Waals surface area contributed by atoms with Crippen molar-refractivity contribution in [3.8, 4) is 0 Å². The summed E-state index contributed by atoms with van der Waals surface area (Å²) in [6.07, 6.45) is 12.5. The number of aromatic nitrogens is 4. The third-order valence-electron chi connectivity index (χ3n) is 7.43. The van der Waals surface area contributed by atoms with Gasteiger partial charge in [-0.05, 0) is 34.6 Å². The maximum atomic E-state index is 13.9. The quantitative estimate of drug-likeness (QED) is 0.166. The van der Waals surface area contributed by atoms with E-state index in [4.69, 9.17) is 0 Å². The molecule has 1 heterocycles. The number of para-hydroxylation sites is 1. The van der Waals surface area contributed by atoms with Gasteiger partial charge in [0.15, 0.2) is 6.04 Å². The van der Waals surface area contributed by atoms with Gasteiger partial charge in [-0.25, -0.2) is 0 Å². The summed E-state index contributed by atoms with van der Waals surface area (Å²) >= 11 is 0. The van der Waals surface area contributed by atoms with E-state index in [1.165, 1.54) is 51.4 Å². The summed E-state index contributed by atoms with van der Waals surface area (Å²) in [4.78, 5) is 17.2. The van der Waals surface area contributed by atoms with Crippen LogP contribution < -0.4 is 5.32 Å². The first-order chi connectivity index (χ1) is 19.3. The largest absolute Gasteiger partial charge is 0.395 e. The van der Waals surface area contributed by atoms with E-state index < -0.39 is 6.04 Å². The van der Waals surface area contributed by atoms with Crippen molar-refractivity contribution < 1.29 is 15.0 Å². The minimum absolute atomic E-state index is 0.156. The van der Waals surface area contributed by atoms with E-state index in [1.54, 1.807) is 9.70 Å². The molecule has 40 heavy (non-hydrogen) atoms. The van der Waals surface area contributed by atoms with E-state index >= 15 is 0 Å². The minimum Gasteiger partial charge on any atom is -0.395 e. The summed E-state index contributed by atoms with van der Waals surface area (Å²) in [7, 11) is 0. The Hall–Kier alpha value is -2.36. The molecular formula is C31H54N6O3. The van der Waals surface area contributed by atoms with Crippen molar-refractivity contribution in [2.45, 2.75) is 123 Å². The molecule has 1 atom stereocenters. The van der Waals surface area contributed by atoms with Gasteiger partial charge in [-0.1, -0.05) is 111 Å². The fourth-order valence-electron chi connectivity index (χ4n) is 5.16. The van der Waals surface area contributed by atoms with Gasteiger partial charge in [0.1, 0.15) is 0 Å². The number of benzene rings is 1. The van der Waals surface area contributed by atoms with Crippen molar-refractivity contribution in [1.29, 1.82) is 0 Å². The average molecular weight is 559 g/mol. The Balaban J connectivity index is 2.11. The number of nitrogens with one attached hydrogen (secondary N) is 1. The van der Waals surface area contributed by atoms with Crippen LogP contribution in [-0.2, 0) is 11.3 Å². The molecule has 0 aliphatic carbocycles. The lowest BCUT2D eigenvalue weighted by atomic mass is 9.92. The molecule has 2 aromatic rings. The second-order valence-corrected chi connectivity index (χ2v) is 11.4. The Bertz CT molecular complexity index is 945. The number of aliphatic hydroxyl groups excluding tert-OH is 2. The molecule has 1 unspecified atom stereocenters. The number of aryl methyl sites for hydroxylation is 1. The van der Waals surface area contributed by atoms with Gasteiger partial charge in [0.2, 0.25) is 11.7 Å². The predicted octanol–water partition coefficient (Wildman–Crippen LogP) is 5.81. The summed E-state index contributed by atoms with van der Waals surface area (Å²) < 4.78 is 0. The number of hydrogen-bond acceptors (Lipinski definition) is 7. The molecule has 0 radical (unpaired) electrons. The molecule has 0 spiro atoms. The number of anilines is 1. The lowest BCUT2D eigenvalue weighted by Crippen LogP contribution is -2.41. The normalized spacial score (nSPS) is 12.6. The van der Waals surface area contributed by atoms with Gasteiger partial charge in [-0.3, -0.25) is 9.69 Å². The zero-order valence-corrected chi connectivity index (χ0v) is 25.6. The molecule has 1 aromatic heterocycles. The number of carbonyl (C=O) groups excluding carboxylic acids is 1. The molecule has 2 rings (SSSR count). The number of aliphatic hydroxyl groups is 2. The van der Waals surface area contributed by atoms with Gasteiger partial charge in [-0.2, -0.15) is 4.80 Å². The molecule has 0 saturated carbocycles. The van der Waals surface area contributed by atoms with Crippen LogP contribution in [0.2, 0.25) is 0 Å². The molecule has 226 valence electrons. The van der Waals surface area contributed by atoms with Crippen LogP contribution in [0.3, 0.4) is 0 Å². The molecular weight excluding hydrogens is 504 g/mol. The lowest BCUT2D eigenvalue weighted by Gasteiger charge is -2.29. The summed E-state index contributed by atoms with van der Waals surface area (Å²) in [5.41, 5.74) is 2.94. The molecule has 3 N–H and O–H groups in total. The number of unbranched alkanes of at least 4 members (excludes halogenated alkanes) is 9. The second kappa shape index (κ2) is 18.9. The maximum absolute atomic E-state index is 13.9. The number of carbonyl (C=O) groups is 1. The van der Waals surface area contributed by atoms with E-state index in [0.29, 0.717) is 6.54 Å². The van der Waals surface area contributed by atoms with Crippen LogP contribution in [0.5, 0.6) is 0 Å². The van der Waals surface area contributed by atoms with Gasteiger partial charge < -0.3 is 15.5 Å². The molecule has 0 fully saturated rings. The lowest BCUT2D eigenvalue weighted by molar-refractivity contribution is -0.122. The topological polar surface area (TPSA) is 116 Å². The molecule has 9 nitrogen and oxygen atoms in total. The molecule has 0 saturated heterocycles. The molecule has 9 heteroatoms. The van der Waals surface area contributed by atoms with Crippen LogP contribution in [-0.4, -0.2) is 67.5 Å². The van der Waals surface area contributed by atoms with E-state index in [0.717, 1.165) is 29.7 Å². The Morgan fingerprint density at radius 3 is 1.90 bits per heavy atom. The molecule has 0 aliphatic heterocycles. The fourth-order valence-corrected chi connectivity index (χ4v) is 5.16. The van der Waals surface area contributed by atoms with Crippen LogP contribution in [0.25, 0.3) is 0 Å². The first-order valence-corrected chi connectivity index (χ1v) is 15.5. The van der Waals surface area contributed by atoms with Crippen molar-refractivity contribution in [2.75, 3.05) is 31.6 Å². The Morgan fingerprint density at radius 2 is 1.40 bits per heavy atom. The summed E-state index contributed by atoms with van der Waals surface area (Å²) in [6, 6.07) is 5.23. The molecule has 0 bridgehead atoms. The summed E-state index contributed by atoms with van der Waals surface area (Å²) in [6.45, 7) is 11.4. The highest BCUT2D eigenvalue weighted by Gasteiger charge is 2.32. The highest BCUT2D eigenvalue weighted by Crippen LogP contribution is 2.33. The number of tetrazole rings is 1. The van der Waals surface area contributed by atoms with Crippen molar-refractivity contribution in [3.63, 3.8) is 0 Å². The average Bonchev–Trinajstić information content (AvgIpc) is 3.38. The first-order valence-electron chi connectivity index (χ1n) is 15.5. The summed E-state index contributed by atoms with van der Waals surface area (Å²) in [5, 5.41) is 35.7. The van der Waals surface area contributed by atoms with E-state index in [9.17, 15) is 15.0 Å². The molecule has 0 aliphatic rings.